The second kappa shape index (κ2) is 4.82. The molecule has 17 heavy (non-hydrogen) atoms. The predicted molar refractivity (Wildman–Crippen MR) is 53.8 cm³/mol. The predicted octanol–water partition coefficient (Wildman–Crippen LogP) is 2.84. The van der Waals surface area contributed by atoms with E-state index in [2.05, 4.69) is 25.4 Å². The number of benzene rings is 1. The Kier molecular flexibility index (Phi) is 3.87. The van der Waals surface area contributed by atoms with E-state index in [-0.39, 0.29) is 4.47 Å². The number of esters is 1. The largest absolute Gasteiger partial charge is 0.573 e. The molecule has 0 heterocycles. The molecule has 0 aromatic heterocycles. The van der Waals surface area contributed by atoms with Crippen LogP contribution in [0.1, 0.15) is 10.4 Å². The van der Waals surface area contributed by atoms with Crippen molar-refractivity contribution in [3.8, 4) is 11.5 Å². The number of rotatable bonds is 2. The number of hydrogen-bond donors (Lipinski definition) is 1. The first-order valence-corrected chi connectivity index (χ1v) is 4.90. The Balaban J connectivity index is 3.19. The minimum absolute atomic E-state index is 0.111. The highest BCUT2D eigenvalue weighted by atomic mass is 79.9. The second-order valence-corrected chi connectivity index (χ2v) is 3.69. The van der Waals surface area contributed by atoms with Crippen molar-refractivity contribution >= 4 is 21.9 Å². The van der Waals surface area contributed by atoms with Crippen molar-refractivity contribution in [3.05, 3.63) is 22.2 Å². The molecule has 0 saturated carbocycles. The first kappa shape index (κ1) is 13.6. The van der Waals surface area contributed by atoms with Gasteiger partial charge in [0.15, 0.2) is 0 Å². The lowest BCUT2D eigenvalue weighted by Crippen LogP contribution is -2.17. The van der Waals surface area contributed by atoms with Crippen LogP contribution in [-0.2, 0) is 4.74 Å². The summed E-state index contributed by atoms with van der Waals surface area (Å²) < 4.78 is 43.7. The van der Waals surface area contributed by atoms with E-state index in [9.17, 15) is 23.1 Å². The highest BCUT2D eigenvalue weighted by molar-refractivity contribution is 9.10. The van der Waals surface area contributed by atoms with Crippen LogP contribution in [0.25, 0.3) is 0 Å². The van der Waals surface area contributed by atoms with Gasteiger partial charge in [-0.3, -0.25) is 0 Å². The van der Waals surface area contributed by atoms with Crippen LogP contribution >= 0.6 is 15.9 Å². The van der Waals surface area contributed by atoms with Crippen LogP contribution < -0.4 is 4.74 Å². The zero-order chi connectivity index (χ0) is 13.2. The van der Waals surface area contributed by atoms with Gasteiger partial charge in [0.1, 0.15) is 17.1 Å². The van der Waals surface area contributed by atoms with Gasteiger partial charge in [0.2, 0.25) is 0 Å². The number of phenolic OH excluding ortho intramolecular Hbond substituents is 1. The zero-order valence-corrected chi connectivity index (χ0v) is 9.92. The van der Waals surface area contributed by atoms with Crippen LogP contribution in [0, 0.1) is 0 Å². The topological polar surface area (TPSA) is 55.8 Å². The van der Waals surface area contributed by atoms with Crippen LogP contribution in [-0.4, -0.2) is 24.5 Å². The summed E-state index contributed by atoms with van der Waals surface area (Å²) in [5.41, 5.74) is -0.430. The SMILES string of the molecule is COC(=O)c1cc(OC(F)(F)F)cc(Br)c1O. The third-order valence-corrected chi connectivity index (χ3v) is 2.28. The van der Waals surface area contributed by atoms with Crippen LogP contribution in [0.5, 0.6) is 11.5 Å². The van der Waals surface area contributed by atoms with E-state index in [0.717, 1.165) is 19.2 Å². The third-order valence-electron chi connectivity index (χ3n) is 1.68. The summed E-state index contributed by atoms with van der Waals surface area (Å²) in [7, 11) is 1.03. The van der Waals surface area contributed by atoms with Gasteiger partial charge in [-0.25, -0.2) is 4.79 Å². The molecule has 0 unspecified atom stereocenters. The van der Waals surface area contributed by atoms with Gasteiger partial charge in [-0.1, -0.05) is 0 Å². The van der Waals surface area contributed by atoms with Gasteiger partial charge in [0.25, 0.3) is 0 Å². The maximum absolute atomic E-state index is 12.0. The first-order chi connectivity index (χ1) is 7.74. The number of alkyl halides is 3. The summed E-state index contributed by atoms with van der Waals surface area (Å²) in [6, 6.07) is 1.62. The molecular formula is C9H6BrF3O4. The summed E-state index contributed by atoms with van der Waals surface area (Å²) in [6.07, 6.45) is -4.89. The van der Waals surface area contributed by atoms with E-state index in [1.54, 1.807) is 0 Å². The second-order valence-electron chi connectivity index (χ2n) is 2.84. The summed E-state index contributed by atoms with van der Waals surface area (Å²) in [5, 5.41) is 9.44. The van der Waals surface area contributed by atoms with Crippen LogP contribution in [0.4, 0.5) is 13.2 Å². The van der Waals surface area contributed by atoms with Crippen molar-refractivity contribution in [2.24, 2.45) is 0 Å². The molecule has 0 spiro atoms. The van der Waals surface area contributed by atoms with Crippen molar-refractivity contribution in [1.82, 2.24) is 0 Å². The summed E-state index contributed by atoms with van der Waals surface area (Å²) in [6.45, 7) is 0. The van der Waals surface area contributed by atoms with Gasteiger partial charge in [-0.2, -0.15) is 0 Å². The fraction of sp³-hybridized carbons (Fsp3) is 0.222. The van der Waals surface area contributed by atoms with Gasteiger partial charge < -0.3 is 14.6 Å². The molecule has 0 saturated heterocycles. The minimum Gasteiger partial charge on any atom is -0.506 e. The standard InChI is InChI=1S/C9H6BrF3O4/c1-16-8(15)5-2-4(17-9(11,12)13)3-6(10)7(5)14/h2-3,14H,1H3. The van der Waals surface area contributed by atoms with Gasteiger partial charge in [0.05, 0.1) is 11.6 Å². The molecule has 1 aromatic carbocycles. The monoisotopic (exact) mass is 314 g/mol. The van der Waals surface area contributed by atoms with Gasteiger partial charge in [0, 0.05) is 0 Å². The Morgan fingerprint density at radius 3 is 2.47 bits per heavy atom. The Hall–Kier alpha value is -1.44. The third kappa shape index (κ3) is 3.52. The van der Waals surface area contributed by atoms with E-state index < -0.39 is 29.4 Å². The van der Waals surface area contributed by atoms with Crippen LogP contribution in [0.15, 0.2) is 16.6 Å². The number of ether oxygens (including phenoxy) is 2. The van der Waals surface area contributed by atoms with Crippen molar-refractivity contribution in [2.75, 3.05) is 7.11 Å². The molecule has 1 rings (SSSR count). The number of carbonyl (C=O) groups is 1. The van der Waals surface area contributed by atoms with Crippen molar-refractivity contribution in [3.63, 3.8) is 0 Å². The molecule has 0 bridgehead atoms. The number of phenols is 1. The molecule has 0 fully saturated rings. The van der Waals surface area contributed by atoms with E-state index in [1.807, 2.05) is 0 Å². The molecule has 4 nitrogen and oxygen atoms in total. The van der Waals surface area contributed by atoms with Crippen molar-refractivity contribution in [1.29, 1.82) is 0 Å². The molecule has 0 aliphatic rings. The molecule has 1 aromatic rings. The first-order valence-electron chi connectivity index (χ1n) is 4.11. The molecule has 94 valence electrons. The van der Waals surface area contributed by atoms with E-state index >= 15 is 0 Å². The maximum Gasteiger partial charge on any atom is 0.573 e. The molecule has 0 atom stereocenters. The van der Waals surface area contributed by atoms with E-state index in [4.69, 9.17) is 0 Å². The van der Waals surface area contributed by atoms with Gasteiger partial charge >= 0.3 is 12.3 Å². The molecule has 0 aliphatic heterocycles. The van der Waals surface area contributed by atoms with E-state index in [0.29, 0.717) is 0 Å². The highest BCUT2D eigenvalue weighted by Gasteiger charge is 2.32. The van der Waals surface area contributed by atoms with Crippen molar-refractivity contribution in [2.45, 2.75) is 6.36 Å². The Bertz CT molecular complexity index is 445. The minimum atomic E-state index is -4.89. The van der Waals surface area contributed by atoms with Crippen LogP contribution in [0.2, 0.25) is 0 Å². The zero-order valence-electron chi connectivity index (χ0n) is 8.34. The quantitative estimate of drug-likeness (QED) is 0.853. The summed E-state index contributed by atoms with van der Waals surface area (Å²) in [5.74, 6) is -2.13. The van der Waals surface area contributed by atoms with Gasteiger partial charge in [-0.15, -0.1) is 13.2 Å². The normalized spacial score (nSPS) is 11.1. The number of aromatic hydroxyl groups is 1. The smallest absolute Gasteiger partial charge is 0.506 e. The lowest BCUT2D eigenvalue weighted by molar-refractivity contribution is -0.274. The number of methoxy groups -OCH3 is 1. The number of hydrogen-bond acceptors (Lipinski definition) is 4. The lowest BCUT2D eigenvalue weighted by atomic mass is 10.2. The fourth-order valence-electron chi connectivity index (χ4n) is 1.03. The molecular weight excluding hydrogens is 309 g/mol. The summed E-state index contributed by atoms with van der Waals surface area (Å²) in [4.78, 5) is 11.2. The Morgan fingerprint density at radius 1 is 1.41 bits per heavy atom. The fourth-order valence-corrected chi connectivity index (χ4v) is 1.47. The summed E-state index contributed by atoms with van der Waals surface area (Å²) >= 11 is 2.80. The molecule has 0 radical (unpaired) electrons. The highest BCUT2D eigenvalue weighted by Crippen LogP contribution is 2.35. The van der Waals surface area contributed by atoms with Crippen molar-refractivity contribution < 1.29 is 32.5 Å². The average molecular weight is 315 g/mol. The Morgan fingerprint density at radius 2 is 2.00 bits per heavy atom. The molecule has 0 amide bonds. The van der Waals surface area contributed by atoms with Crippen LogP contribution in [0.3, 0.4) is 0 Å². The lowest BCUT2D eigenvalue weighted by Gasteiger charge is -2.11. The number of carbonyl (C=O) groups excluding carboxylic acids is 1. The molecule has 0 aliphatic carbocycles. The van der Waals surface area contributed by atoms with Gasteiger partial charge in [-0.05, 0) is 28.1 Å². The van der Waals surface area contributed by atoms with E-state index in [1.165, 1.54) is 0 Å². The molecule has 8 heteroatoms. The maximum atomic E-state index is 12.0. The Labute approximate surface area is 102 Å². The average Bonchev–Trinajstić information content (AvgIpc) is 2.19. The molecule has 1 N–H and O–H groups in total. The number of halogens is 4.